The molecule has 4 rings (SSSR count). The van der Waals surface area contributed by atoms with Gasteiger partial charge in [0.05, 0.1) is 5.69 Å². The van der Waals surface area contributed by atoms with Crippen LogP contribution in [0.5, 0.6) is 0 Å². The molecule has 0 radical (unpaired) electrons. The van der Waals surface area contributed by atoms with Crippen LogP contribution in [0.3, 0.4) is 0 Å². The van der Waals surface area contributed by atoms with E-state index in [0.717, 1.165) is 13.0 Å². The van der Waals surface area contributed by atoms with Crippen molar-refractivity contribution in [3.63, 3.8) is 0 Å². The molecule has 2 heterocycles. The van der Waals surface area contributed by atoms with Crippen molar-refractivity contribution >= 4 is 12.0 Å². The molecule has 142 valence electrons. The van der Waals surface area contributed by atoms with Crippen LogP contribution in [0.2, 0.25) is 0 Å². The molecule has 0 bridgehead atoms. The maximum absolute atomic E-state index is 12.7. The Bertz CT molecular complexity index is 715. The minimum absolute atomic E-state index is 0.0863. The van der Waals surface area contributed by atoms with Gasteiger partial charge in [-0.2, -0.15) is 0 Å². The molecular formula is C18H28N6O2. The number of H-pyrrole nitrogens is 1. The third kappa shape index (κ3) is 4.00. The molecular weight excluding hydrogens is 332 g/mol. The van der Waals surface area contributed by atoms with E-state index in [0.29, 0.717) is 36.7 Å². The fraction of sp³-hybridized carbons (Fsp3) is 0.722. The number of hydrogen-bond donors (Lipinski definition) is 3. The molecule has 0 aromatic carbocycles. The normalized spacial score (nSPS) is 23.0. The molecule has 0 unspecified atom stereocenters. The van der Waals surface area contributed by atoms with E-state index in [4.69, 9.17) is 5.73 Å². The zero-order valence-corrected chi connectivity index (χ0v) is 15.3. The molecule has 3 aliphatic rings. The van der Waals surface area contributed by atoms with Crippen LogP contribution in [0.1, 0.15) is 37.8 Å². The first-order chi connectivity index (χ1) is 12.5. The molecule has 2 aliphatic carbocycles. The number of rotatable bonds is 6. The quantitative estimate of drug-likeness (QED) is 0.694. The molecule has 3 fully saturated rings. The van der Waals surface area contributed by atoms with Gasteiger partial charge in [-0.1, -0.05) is 0 Å². The van der Waals surface area contributed by atoms with Crippen LogP contribution in [-0.2, 0) is 6.54 Å². The Morgan fingerprint density at radius 2 is 2.08 bits per heavy atom. The summed E-state index contributed by atoms with van der Waals surface area (Å²) in [6, 6.07) is 2.22. The van der Waals surface area contributed by atoms with Gasteiger partial charge < -0.3 is 16.0 Å². The molecule has 2 amide bonds. The summed E-state index contributed by atoms with van der Waals surface area (Å²) in [7, 11) is 2.00. The molecule has 8 nitrogen and oxygen atoms in total. The predicted octanol–water partition coefficient (Wildman–Crippen LogP) is 0.756. The Morgan fingerprint density at radius 1 is 1.38 bits per heavy atom. The Kier molecular flexibility index (Phi) is 4.60. The minimum Gasteiger partial charge on any atom is -0.369 e. The predicted molar refractivity (Wildman–Crippen MR) is 98.5 cm³/mol. The number of nitrogens with two attached hydrogens (primary N) is 1. The molecule has 1 atom stereocenters. The summed E-state index contributed by atoms with van der Waals surface area (Å²) in [6.07, 6.45) is 5.98. The lowest BCUT2D eigenvalue weighted by molar-refractivity contribution is 0.190. The van der Waals surface area contributed by atoms with Gasteiger partial charge in [0.1, 0.15) is 0 Å². The van der Waals surface area contributed by atoms with E-state index >= 15 is 0 Å². The number of aromatic amines is 1. The van der Waals surface area contributed by atoms with Crippen LogP contribution in [0.25, 0.3) is 0 Å². The van der Waals surface area contributed by atoms with E-state index in [9.17, 15) is 9.59 Å². The van der Waals surface area contributed by atoms with Crippen molar-refractivity contribution in [3.05, 3.63) is 22.1 Å². The van der Waals surface area contributed by atoms with Crippen molar-refractivity contribution in [2.45, 2.75) is 50.7 Å². The molecule has 26 heavy (non-hydrogen) atoms. The third-order valence-electron chi connectivity index (χ3n) is 5.85. The van der Waals surface area contributed by atoms with Gasteiger partial charge in [-0.25, -0.2) is 9.78 Å². The number of likely N-dealkylation sites (tertiary alicyclic amines) is 1. The second-order valence-corrected chi connectivity index (χ2v) is 8.08. The second-order valence-electron chi connectivity index (χ2n) is 8.08. The Balaban J connectivity index is 1.30. The highest BCUT2D eigenvalue weighted by atomic mass is 16.2. The number of hydrogen-bond acceptors (Lipinski definition) is 5. The molecule has 1 aliphatic heterocycles. The summed E-state index contributed by atoms with van der Waals surface area (Å²) in [6.45, 7) is 2.03. The van der Waals surface area contributed by atoms with Crippen LogP contribution >= 0.6 is 0 Å². The number of nitrogens with one attached hydrogen (secondary N) is 2. The number of nitrogen functional groups attached to an aromatic ring is 1. The van der Waals surface area contributed by atoms with Crippen LogP contribution < -0.4 is 16.6 Å². The molecule has 1 aromatic rings. The number of aromatic nitrogens is 2. The summed E-state index contributed by atoms with van der Waals surface area (Å²) < 4.78 is 0. The van der Waals surface area contributed by atoms with Crippen molar-refractivity contribution in [2.75, 3.05) is 25.9 Å². The first-order valence-electron chi connectivity index (χ1n) is 9.61. The average molecular weight is 360 g/mol. The van der Waals surface area contributed by atoms with Gasteiger partial charge in [0, 0.05) is 37.8 Å². The number of carbonyl (C=O) groups is 1. The SMILES string of the molecule is CN(Cc1cc(=O)[nH]c(N)n1)[C@@H]1CCN(C(=O)NC(C2CC2)C2CC2)C1. The van der Waals surface area contributed by atoms with Crippen LogP contribution in [0.4, 0.5) is 10.7 Å². The van der Waals surface area contributed by atoms with E-state index in [2.05, 4.69) is 20.2 Å². The first-order valence-corrected chi connectivity index (χ1v) is 9.61. The van der Waals surface area contributed by atoms with Gasteiger partial charge in [0.2, 0.25) is 5.95 Å². The lowest BCUT2D eigenvalue weighted by Crippen LogP contribution is -2.46. The van der Waals surface area contributed by atoms with Gasteiger partial charge in [0.25, 0.3) is 5.56 Å². The van der Waals surface area contributed by atoms with Crippen LogP contribution in [-0.4, -0.2) is 58.0 Å². The molecule has 4 N–H and O–H groups in total. The van der Waals surface area contributed by atoms with Crippen molar-refractivity contribution in [2.24, 2.45) is 11.8 Å². The lowest BCUT2D eigenvalue weighted by atomic mass is 10.1. The van der Waals surface area contributed by atoms with Crippen molar-refractivity contribution < 1.29 is 4.79 Å². The number of amides is 2. The molecule has 1 saturated heterocycles. The third-order valence-corrected chi connectivity index (χ3v) is 5.85. The zero-order valence-electron chi connectivity index (χ0n) is 15.3. The van der Waals surface area contributed by atoms with Crippen LogP contribution in [0.15, 0.2) is 10.9 Å². The standard InChI is InChI=1S/C18H28N6O2/c1-23(9-13-8-15(25)21-17(19)20-13)14-6-7-24(10-14)18(26)22-16(11-2-3-11)12-4-5-12/h8,11-12,14,16H,2-7,9-10H2,1H3,(H,22,26)(H3,19,20,21,25)/t14-/m1/s1. The Morgan fingerprint density at radius 3 is 2.69 bits per heavy atom. The number of urea groups is 1. The summed E-state index contributed by atoms with van der Waals surface area (Å²) >= 11 is 0. The van der Waals surface area contributed by atoms with E-state index in [1.54, 1.807) is 0 Å². The summed E-state index contributed by atoms with van der Waals surface area (Å²) in [4.78, 5) is 34.9. The number of anilines is 1. The van der Waals surface area contributed by atoms with Gasteiger partial charge in [0.15, 0.2) is 0 Å². The van der Waals surface area contributed by atoms with Gasteiger partial charge in [-0.05, 0) is 51.0 Å². The lowest BCUT2D eigenvalue weighted by Gasteiger charge is -2.26. The maximum Gasteiger partial charge on any atom is 0.317 e. The fourth-order valence-corrected chi connectivity index (χ4v) is 4.05. The van der Waals surface area contributed by atoms with E-state index in [1.165, 1.54) is 31.7 Å². The van der Waals surface area contributed by atoms with E-state index in [-0.39, 0.29) is 23.6 Å². The Labute approximate surface area is 153 Å². The molecule has 8 heteroatoms. The maximum atomic E-state index is 12.7. The van der Waals surface area contributed by atoms with Gasteiger partial charge in [-0.15, -0.1) is 0 Å². The second kappa shape index (κ2) is 6.90. The smallest absolute Gasteiger partial charge is 0.317 e. The Hall–Kier alpha value is -2.09. The highest BCUT2D eigenvalue weighted by Gasteiger charge is 2.43. The minimum atomic E-state index is -0.237. The highest BCUT2D eigenvalue weighted by molar-refractivity contribution is 5.75. The van der Waals surface area contributed by atoms with E-state index < -0.39 is 0 Å². The summed E-state index contributed by atoms with van der Waals surface area (Å²) in [5, 5.41) is 3.30. The first kappa shape index (κ1) is 17.3. The number of nitrogens with zero attached hydrogens (tertiary/aromatic N) is 3. The zero-order chi connectivity index (χ0) is 18.3. The van der Waals surface area contributed by atoms with Crippen molar-refractivity contribution in [3.8, 4) is 0 Å². The molecule has 2 saturated carbocycles. The van der Waals surface area contributed by atoms with Gasteiger partial charge >= 0.3 is 6.03 Å². The average Bonchev–Trinajstić information content (AvgIpc) is 3.50. The molecule has 0 spiro atoms. The monoisotopic (exact) mass is 360 g/mol. The highest BCUT2D eigenvalue weighted by Crippen LogP contribution is 2.44. The van der Waals surface area contributed by atoms with Crippen molar-refractivity contribution in [1.29, 1.82) is 0 Å². The van der Waals surface area contributed by atoms with Crippen molar-refractivity contribution in [1.82, 2.24) is 25.1 Å². The topological polar surface area (TPSA) is 107 Å². The summed E-state index contributed by atoms with van der Waals surface area (Å²) in [5.74, 6) is 1.56. The fourth-order valence-electron chi connectivity index (χ4n) is 4.05. The van der Waals surface area contributed by atoms with Gasteiger partial charge in [-0.3, -0.25) is 14.7 Å². The summed E-state index contributed by atoms with van der Waals surface area (Å²) in [5.41, 5.74) is 6.02. The number of likely N-dealkylation sites (N-methyl/N-ethyl adjacent to an activating group) is 1. The van der Waals surface area contributed by atoms with E-state index in [1.807, 2.05) is 11.9 Å². The van der Waals surface area contributed by atoms with Crippen LogP contribution in [0, 0.1) is 11.8 Å². The largest absolute Gasteiger partial charge is 0.369 e. The molecule has 1 aromatic heterocycles. The number of carbonyl (C=O) groups excluding carboxylic acids is 1.